The molecular weight excluding hydrogens is 459 g/mol. The summed E-state index contributed by atoms with van der Waals surface area (Å²) in [6.45, 7) is 2.95. The first kappa shape index (κ1) is 25.3. The number of amides is 1. The third-order valence-electron chi connectivity index (χ3n) is 5.43. The highest BCUT2D eigenvalue weighted by Crippen LogP contribution is 2.33. The minimum Gasteiger partial charge on any atom is -0.386 e. The highest BCUT2D eigenvalue weighted by molar-refractivity contribution is 7.83. The number of pyridine rings is 1. The Bertz CT molecular complexity index is 983. The van der Waals surface area contributed by atoms with E-state index in [-0.39, 0.29) is 23.9 Å². The van der Waals surface area contributed by atoms with Gasteiger partial charge in [0.2, 0.25) is 0 Å². The smallest absolute Gasteiger partial charge is 0.315 e. The molecule has 1 saturated heterocycles. The molecule has 1 amide bonds. The molecule has 180 valence electrons. The predicted octanol–water partition coefficient (Wildman–Crippen LogP) is 2.08. The number of hydrogen-bond donors (Lipinski definition) is 3. The third-order valence-corrected chi connectivity index (χ3v) is 7.01. The lowest BCUT2D eigenvalue weighted by atomic mass is 9.92. The normalized spacial score (nSPS) is 18.6. The van der Waals surface area contributed by atoms with Crippen molar-refractivity contribution in [3.63, 3.8) is 0 Å². The minimum atomic E-state index is -3.30. The largest absolute Gasteiger partial charge is 0.386 e. The number of hydrogen-bond acceptors (Lipinski definition) is 5. The lowest BCUT2D eigenvalue weighted by Gasteiger charge is -2.45. The second kappa shape index (κ2) is 10.3. The van der Waals surface area contributed by atoms with E-state index in [1.165, 1.54) is 12.1 Å². The molecule has 1 aliphatic rings. The number of aromatic nitrogens is 1. The van der Waals surface area contributed by atoms with Crippen molar-refractivity contribution in [1.82, 2.24) is 14.6 Å². The number of nitrogens with zero attached hydrogens (tertiary/aromatic N) is 2. The molecule has 1 aromatic carbocycles. The van der Waals surface area contributed by atoms with E-state index < -0.39 is 47.7 Å². The topological polar surface area (TPSA) is 103 Å². The fourth-order valence-electron chi connectivity index (χ4n) is 3.52. The molecule has 7 nitrogen and oxygen atoms in total. The van der Waals surface area contributed by atoms with Gasteiger partial charge in [-0.05, 0) is 31.0 Å². The van der Waals surface area contributed by atoms with Crippen molar-refractivity contribution in [2.75, 3.05) is 19.8 Å². The van der Waals surface area contributed by atoms with Crippen molar-refractivity contribution in [2.45, 2.75) is 43.3 Å². The number of aliphatic hydroxyl groups excluding tert-OH is 1. The highest BCUT2D eigenvalue weighted by atomic mass is 32.2. The van der Waals surface area contributed by atoms with Gasteiger partial charge in [0.05, 0.1) is 22.7 Å². The molecule has 0 aliphatic carbocycles. The summed E-state index contributed by atoms with van der Waals surface area (Å²) < 4.78 is 51.8. The fraction of sp³-hybridized carbons (Fsp3) is 0.455. The van der Waals surface area contributed by atoms with Crippen LogP contribution in [-0.4, -0.2) is 67.1 Å². The maximum absolute atomic E-state index is 13.2. The van der Waals surface area contributed by atoms with Crippen LogP contribution in [0.3, 0.4) is 0 Å². The van der Waals surface area contributed by atoms with Crippen molar-refractivity contribution in [1.29, 1.82) is 0 Å². The second-order valence-electron chi connectivity index (χ2n) is 8.22. The molecule has 0 bridgehead atoms. The zero-order chi connectivity index (χ0) is 24.3. The van der Waals surface area contributed by atoms with Crippen molar-refractivity contribution in [3.8, 4) is 11.1 Å². The maximum atomic E-state index is 13.2. The summed E-state index contributed by atoms with van der Waals surface area (Å²) in [5.74, 6) is -1.65. The number of benzene rings is 1. The standard InChI is InChI=1S/C22H26F3N3O4S/c1-13(2)33(32)28-11-22(31,12-28)18-8-7-16(10-26-18)14-3-5-15(6-4-14)19(29)17(9-23)27-21(30)20(24)25/h3-8,10,13,17,19-20,29,31H,9,11-12H2,1-2H3,(H,27,30). The van der Waals surface area contributed by atoms with Gasteiger partial charge >= 0.3 is 6.43 Å². The van der Waals surface area contributed by atoms with Crippen LogP contribution in [0.5, 0.6) is 0 Å². The summed E-state index contributed by atoms with van der Waals surface area (Å²) in [5, 5.41) is 22.8. The molecule has 1 fully saturated rings. The fourth-order valence-corrected chi connectivity index (χ4v) is 4.80. The molecule has 2 aromatic rings. The molecule has 0 radical (unpaired) electrons. The summed E-state index contributed by atoms with van der Waals surface area (Å²) in [6, 6.07) is 8.25. The van der Waals surface area contributed by atoms with Crippen LogP contribution in [0.4, 0.5) is 13.2 Å². The molecule has 3 atom stereocenters. The average Bonchev–Trinajstić information content (AvgIpc) is 2.79. The van der Waals surface area contributed by atoms with Gasteiger partial charge in [0, 0.05) is 30.1 Å². The molecule has 3 N–H and O–H groups in total. The lowest BCUT2D eigenvalue weighted by Crippen LogP contribution is -2.60. The summed E-state index contributed by atoms with van der Waals surface area (Å²) in [4.78, 5) is 15.5. The number of alkyl halides is 3. The molecule has 33 heavy (non-hydrogen) atoms. The van der Waals surface area contributed by atoms with E-state index in [2.05, 4.69) is 4.98 Å². The Morgan fingerprint density at radius 3 is 2.27 bits per heavy atom. The number of aliphatic hydroxyl groups is 2. The van der Waals surface area contributed by atoms with Crippen LogP contribution in [0.1, 0.15) is 31.2 Å². The molecule has 2 heterocycles. The first-order valence-electron chi connectivity index (χ1n) is 10.3. The molecule has 11 heteroatoms. The van der Waals surface area contributed by atoms with E-state index in [0.717, 1.165) is 11.1 Å². The van der Waals surface area contributed by atoms with Gasteiger partial charge in [-0.2, -0.15) is 8.78 Å². The quantitative estimate of drug-likeness (QED) is 0.505. The molecular formula is C22H26F3N3O4S. The Morgan fingerprint density at radius 2 is 1.79 bits per heavy atom. The van der Waals surface area contributed by atoms with Crippen molar-refractivity contribution < 1.29 is 32.4 Å². The highest BCUT2D eigenvalue weighted by Gasteiger charge is 2.46. The first-order valence-corrected chi connectivity index (χ1v) is 11.5. The summed E-state index contributed by atoms with van der Waals surface area (Å²) in [6.07, 6.45) is -3.23. The van der Waals surface area contributed by atoms with Gasteiger partial charge in [0.25, 0.3) is 5.91 Å². The van der Waals surface area contributed by atoms with E-state index in [1.807, 2.05) is 13.8 Å². The summed E-state index contributed by atoms with van der Waals surface area (Å²) in [5.41, 5.74) is 1.000. The zero-order valence-electron chi connectivity index (χ0n) is 18.1. The molecule has 0 spiro atoms. The van der Waals surface area contributed by atoms with E-state index in [1.54, 1.807) is 40.1 Å². The van der Waals surface area contributed by atoms with Crippen LogP contribution >= 0.6 is 0 Å². The molecule has 1 aliphatic heterocycles. The van der Waals surface area contributed by atoms with Crippen LogP contribution in [0.2, 0.25) is 0 Å². The van der Waals surface area contributed by atoms with Crippen molar-refractivity contribution in [3.05, 3.63) is 53.9 Å². The lowest BCUT2D eigenvalue weighted by molar-refractivity contribution is -0.133. The Labute approximate surface area is 192 Å². The number of rotatable bonds is 9. The van der Waals surface area contributed by atoms with Gasteiger partial charge in [-0.25, -0.2) is 12.9 Å². The number of β-amino-alcohol motifs (C(OH)–C–C–N with tert-alkyl or cyclic N) is 1. The number of carbonyl (C=O) groups excluding carboxylic acids is 1. The maximum Gasteiger partial charge on any atom is 0.315 e. The first-order chi connectivity index (χ1) is 15.6. The molecule has 3 unspecified atom stereocenters. The minimum absolute atomic E-state index is 0.0351. The number of carbonyl (C=O) groups is 1. The van der Waals surface area contributed by atoms with Crippen LogP contribution in [-0.2, 0) is 21.4 Å². The van der Waals surface area contributed by atoms with Crippen molar-refractivity contribution >= 4 is 16.9 Å². The predicted molar refractivity (Wildman–Crippen MR) is 117 cm³/mol. The van der Waals surface area contributed by atoms with Gasteiger partial charge in [0.15, 0.2) is 0 Å². The van der Waals surface area contributed by atoms with Gasteiger partial charge in [-0.3, -0.25) is 9.78 Å². The number of nitrogens with one attached hydrogen (secondary N) is 1. The SMILES string of the molecule is CC(C)S(=O)N1CC(O)(c2ccc(-c3ccc(C(O)C(CF)NC(=O)C(F)F)cc3)cn2)C1. The molecule has 3 rings (SSSR count). The Morgan fingerprint density at radius 1 is 1.18 bits per heavy atom. The zero-order valence-corrected chi connectivity index (χ0v) is 18.9. The monoisotopic (exact) mass is 485 g/mol. The Balaban J connectivity index is 1.66. The van der Waals surface area contributed by atoms with Crippen LogP contribution in [0.15, 0.2) is 42.6 Å². The van der Waals surface area contributed by atoms with Gasteiger partial charge in [-0.1, -0.05) is 30.3 Å². The summed E-state index contributed by atoms with van der Waals surface area (Å²) in [7, 11) is -1.16. The van der Waals surface area contributed by atoms with E-state index in [9.17, 15) is 32.4 Å². The van der Waals surface area contributed by atoms with Crippen LogP contribution in [0.25, 0.3) is 11.1 Å². The molecule has 0 saturated carbocycles. The van der Waals surface area contributed by atoms with Gasteiger partial charge < -0.3 is 15.5 Å². The van der Waals surface area contributed by atoms with Crippen molar-refractivity contribution in [2.24, 2.45) is 0 Å². The van der Waals surface area contributed by atoms with E-state index >= 15 is 0 Å². The Hall–Kier alpha value is -2.34. The number of halogens is 3. The average molecular weight is 486 g/mol. The molecule has 1 aromatic heterocycles. The summed E-state index contributed by atoms with van der Waals surface area (Å²) >= 11 is 0. The van der Waals surface area contributed by atoms with Gasteiger partial charge in [-0.15, -0.1) is 0 Å². The van der Waals surface area contributed by atoms with Crippen LogP contribution < -0.4 is 5.32 Å². The van der Waals surface area contributed by atoms with Gasteiger partial charge in [0.1, 0.15) is 18.4 Å². The third kappa shape index (κ3) is 5.60. The Kier molecular flexibility index (Phi) is 7.88. The van der Waals surface area contributed by atoms with E-state index in [0.29, 0.717) is 5.69 Å². The second-order valence-corrected chi connectivity index (χ2v) is 10.2. The van der Waals surface area contributed by atoms with E-state index in [4.69, 9.17) is 0 Å². The van der Waals surface area contributed by atoms with Crippen LogP contribution in [0, 0.1) is 0 Å².